The first-order valence-corrected chi connectivity index (χ1v) is 8.50. The fraction of sp³-hybridized carbons (Fsp3) is 1.00. The maximum atomic E-state index is 7.10. The van der Waals surface area contributed by atoms with Gasteiger partial charge < -0.3 is 5.73 Å². The van der Waals surface area contributed by atoms with Gasteiger partial charge in [0.1, 0.15) is 0 Å². The van der Waals surface area contributed by atoms with E-state index in [4.69, 9.17) is 5.73 Å². The Morgan fingerprint density at radius 3 is 1.61 bits per heavy atom. The Morgan fingerprint density at radius 2 is 1.17 bits per heavy atom. The molecule has 0 spiro atoms. The van der Waals surface area contributed by atoms with Crippen molar-refractivity contribution >= 4 is 0 Å². The molecule has 100 valence electrons. The van der Waals surface area contributed by atoms with Gasteiger partial charge in [0, 0.05) is 5.54 Å². The molecule has 6 rings (SSSR count). The molecule has 6 fully saturated rings. The molecule has 0 aromatic carbocycles. The third kappa shape index (κ3) is 1.10. The molecular formula is C17H27N. The van der Waals surface area contributed by atoms with Crippen molar-refractivity contribution in [3.8, 4) is 0 Å². The Bertz CT molecular complexity index is 338. The summed E-state index contributed by atoms with van der Waals surface area (Å²) in [6.45, 7) is 0. The topological polar surface area (TPSA) is 26.0 Å². The molecule has 2 unspecified atom stereocenters. The van der Waals surface area contributed by atoms with E-state index >= 15 is 0 Å². The van der Waals surface area contributed by atoms with Gasteiger partial charge in [-0.05, 0) is 86.4 Å². The molecule has 0 saturated heterocycles. The second kappa shape index (κ2) is 3.16. The van der Waals surface area contributed by atoms with Gasteiger partial charge in [-0.2, -0.15) is 0 Å². The zero-order chi connectivity index (χ0) is 12.0. The van der Waals surface area contributed by atoms with Gasteiger partial charge in [0.2, 0.25) is 0 Å². The number of rotatable bonds is 1. The van der Waals surface area contributed by atoms with E-state index in [1.165, 1.54) is 44.9 Å². The van der Waals surface area contributed by atoms with Gasteiger partial charge in [0.05, 0.1) is 0 Å². The molecule has 1 heteroatoms. The maximum absolute atomic E-state index is 7.10. The molecule has 0 radical (unpaired) electrons. The summed E-state index contributed by atoms with van der Waals surface area (Å²) < 4.78 is 0. The van der Waals surface area contributed by atoms with Crippen LogP contribution in [0.3, 0.4) is 0 Å². The van der Waals surface area contributed by atoms with Crippen molar-refractivity contribution in [2.75, 3.05) is 0 Å². The van der Waals surface area contributed by atoms with Crippen LogP contribution >= 0.6 is 0 Å². The second-order valence-corrected chi connectivity index (χ2v) is 8.63. The van der Waals surface area contributed by atoms with Gasteiger partial charge in [-0.1, -0.05) is 12.8 Å². The molecule has 2 atom stereocenters. The predicted octanol–water partition coefficient (Wildman–Crippen LogP) is 3.72. The van der Waals surface area contributed by atoms with Crippen molar-refractivity contribution < 1.29 is 0 Å². The number of hydrogen-bond acceptors (Lipinski definition) is 1. The van der Waals surface area contributed by atoms with E-state index in [-0.39, 0.29) is 0 Å². The molecule has 0 heterocycles. The van der Waals surface area contributed by atoms with Gasteiger partial charge >= 0.3 is 0 Å². The first-order valence-electron chi connectivity index (χ1n) is 8.50. The highest BCUT2D eigenvalue weighted by molar-refractivity contribution is 5.27. The Balaban J connectivity index is 1.52. The van der Waals surface area contributed by atoms with Crippen LogP contribution in [-0.4, -0.2) is 5.54 Å². The molecule has 0 aromatic heterocycles. The number of fused-ring (bicyclic) bond motifs is 1. The van der Waals surface area contributed by atoms with E-state index in [1.54, 1.807) is 19.3 Å². The molecular weight excluding hydrogens is 218 g/mol. The summed E-state index contributed by atoms with van der Waals surface area (Å²) in [4.78, 5) is 0. The van der Waals surface area contributed by atoms with Gasteiger partial charge in [0.25, 0.3) is 0 Å². The molecule has 6 aliphatic rings. The van der Waals surface area contributed by atoms with Crippen LogP contribution in [0.25, 0.3) is 0 Å². The SMILES string of the molecule is NC1(C23CC4CC(CC(C4)C2)C3)C2CCCCC21. The van der Waals surface area contributed by atoms with Crippen LogP contribution in [0.5, 0.6) is 0 Å². The predicted molar refractivity (Wildman–Crippen MR) is 73.0 cm³/mol. The minimum absolute atomic E-state index is 0.305. The van der Waals surface area contributed by atoms with Crippen LogP contribution in [0.1, 0.15) is 64.2 Å². The second-order valence-electron chi connectivity index (χ2n) is 8.63. The molecule has 1 nitrogen and oxygen atoms in total. The lowest BCUT2D eigenvalue weighted by atomic mass is 9.46. The lowest BCUT2D eigenvalue weighted by molar-refractivity contribution is -0.0792. The third-order valence-corrected chi connectivity index (χ3v) is 7.84. The summed E-state index contributed by atoms with van der Waals surface area (Å²) >= 11 is 0. The summed E-state index contributed by atoms with van der Waals surface area (Å²) in [5, 5.41) is 0. The first kappa shape index (κ1) is 10.7. The molecule has 0 amide bonds. The lowest BCUT2D eigenvalue weighted by Gasteiger charge is -2.60. The molecule has 0 aromatic rings. The fourth-order valence-corrected chi connectivity index (χ4v) is 7.60. The maximum Gasteiger partial charge on any atom is 0.0275 e. The summed E-state index contributed by atoms with van der Waals surface area (Å²) in [7, 11) is 0. The normalized spacial score (nSPS) is 64.8. The van der Waals surface area contributed by atoms with Crippen LogP contribution in [-0.2, 0) is 0 Å². The monoisotopic (exact) mass is 245 g/mol. The van der Waals surface area contributed by atoms with Crippen molar-refractivity contribution in [1.82, 2.24) is 0 Å². The summed E-state index contributed by atoms with van der Waals surface area (Å²) in [6, 6.07) is 0. The van der Waals surface area contributed by atoms with Crippen LogP contribution in [0.4, 0.5) is 0 Å². The summed E-state index contributed by atoms with van der Waals surface area (Å²) in [5.41, 5.74) is 8.01. The van der Waals surface area contributed by atoms with E-state index in [9.17, 15) is 0 Å². The average molecular weight is 245 g/mol. The van der Waals surface area contributed by atoms with Crippen molar-refractivity contribution in [1.29, 1.82) is 0 Å². The fourth-order valence-electron chi connectivity index (χ4n) is 7.60. The number of nitrogens with two attached hydrogens (primary N) is 1. The zero-order valence-corrected chi connectivity index (χ0v) is 11.5. The van der Waals surface area contributed by atoms with E-state index in [0.717, 1.165) is 29.6 Å². The Kier molecular flexibility index (Phi) is 1.88. The third-order valence-electron chi connectivity index (χ3n) is 7.84. The Hall–Kier alpha value is -0.0400. The first-order chi connectivity index (χ1) is 8.71. The van der Waals surface area contributed by atoms with E-state index < -0.39 is 0 Å². The Morgan fingerprint density at radius 1 is 0.722 bits per heavy atom. The van der Waals surface area contributed by atoms with Gasteiger partial charge in [-0.15, -0.1) is 0 Å². The largest absolute Gasteiger partial charge is 0.324 e. The smallest absolute Gasteiger partial charge is 0.0275 e. The molecule has 6 aliphatic carbocycles. The zero-order valence-electron chi connectivity index (χ0n) is 11.5. The minimum atomic E-state index is 0.305. The molecule has 4 bridgehead atoms. The van der Waals surface area contributed by atoms with Crippen LogP contribution in [0.15, 0.2) is 0 Å². The highest BCUT2D eigenvalue weighted by atomic mass is 15.0. The van der Waals surface area contributed by atoms with Crippen molar-refractivity contribution in [2.45, 2.75) is 69.7 Å². The summed E-state index contributed by atoms with van der Waals surface area (Å²) in [6.07, 6.45) is 15.1. The summed E-state index contributed by atoms with van der Waals surface area (Å²) in [5.74, 6) is 5.07. The van der Waals surface area contributed by atoms with E-state index in [0.29, 0.717) is 11.0 Å². The van der Waals surface area contributed by atoms with Gasteiger partial charge in [0.15, 0.2) is 0 Å². The average Bonchev–Trinajstić information content (AvgIpc) is 2.97. The Labute approximate surface area is 111 Å². The molecule has 2 N–H and O–H groups in total. The standard InChI is InChI=1S/C17H27N/c18-17(14-3-1-2-4-15(14)17)16-8-11-5-12(9-16)7-13(6-11)10-16/h11-15H,1-10,18H2. The van der Waals surface area contributed by atoms with Crippen LogP contribution in [0, 0.1) is 35.0 Å². The van der Waals surface area contributed by atoms with Gasteiger partial charge in [-0.3, -0.25) is 0 Å². The number of hydrogen-bond donors (Lipinski definition) is 1. The molecule has 18 heavy (non-hydrogen) atoms. The van der Waals surface area contributed by atoms with Crippen molar-refractivity contribution in [2.24, 2.45) is 40.7 Å². The van der Waals surface area contributed by atoms with E-state index in [1.807, 2.05) is 0 Å². The van der Waals surface area contributed by atoms with Crippen LogP contribution < -0.4 is 5.73 Å². The van der Waals surface area contributed by atoms with Crippen LogP contribution in [0.2, 0.25) is 0 Å². The minimum Gasteiger partial charge on any atom is -0.324 e. The molecule has 0 aliphatic heterocycles. The quantitative estimate of drug-likeness (QED) is 0.748. The lowest BCUT2D eigenvalue weighted by Crippen LogP contribution is -2.57. The van der Waals surface area contributed by atoms with Gasteiger partial charge in [-0.25, -0.2) is 0 Å². The van der Waals surface area contributed by atoms with E-state index in [2.05, 4.69) is 0 Å². The highest BCUT2D eigenvalue weighted by Crippen LogP contribution is 2.74. The molecule has 6 saturated carbocycles. The van der Waals surface area contributed by atoms with Crippen molar-refractivity contribution in [3.63, 3.8) is 0 Å². The highest BCUT2D eigenvalue weighted by Gasteiger charge is 2.73. The van der Waals surface area contributed by atoms with Crippen molar-refractivity contribution in [3.05, 3.63) is 0 Å².